The van der Waals surface area contributed by atoms with Crippen molar-refractivity contribution in [2.24, 2.45) is 0 Å². The number of nitriles is 2. The van der Waals surface area contributed by atoms with Gasteiger partial charge in [0, 0.05) is 10.9 Å². The maximum Gasteiger partial charge on any atom is 0.135 e. The molecule has 0 atom stereocenters. The first-order valence-electron chi connectivity index (χ1n) is 7.97. The molecule has 0 aliphatic heterocycles. The molecule has 0 saturated heterocycles. The highest BCUT2D eigenvalue weighted by atomic mass is 16.5. The SMILES string of the molecule is N#Cc1ccc(Oc2ccc(-c3cc4cc(C#N)ccc4o3)cc2)cc1. The largest absolute Gasteiger partial charge is 0.457 e. The highest BCUT2D eigenvalue weighted by Gasteiger charge is 2.07. The van der Waals surface area contributed by atoms with Crippen molar-refractivity contribution in [3.8, 4) is 35.0 Å². The second-order valence-electron chi connectivity index (χ2n) is 5.74. The van der Waals surface area contributed by atoms with E-state index in [0.717, 1.165) is 22.3 Å². The summed E-state index contributed by atoms with van der Waals surface area (Å²) in [6.45, 7) is 0. The molecule has 0 amide bonds. The van der Waals surface area contributed by atoms with Gasteiger partial charge in [0.05, 0.1) is 23.3 Å². The summed E-state index contributed by atoms with van der Waals surface area (Å²) in [6.07, 6.45) is 0. The zero-order valence-corrected chi connectivity index (χ0v) is 13.6. The van der Waals surface area contributed by atoms with E-state index in [1.165, 1.54) is 0 Å². The van der Waals surface area contributed by atoms with Crippen LogP contribution in [0.1, 0.15) is 11.1 Å². The van der Waals surface area contributed by atoms with Gasteiger partial charge in [-0.3, -0.25) is 0 Å². The Kier molecular flexibility index (Phi) is 3.86. The molecule has 0 aliphatic carbocycles. The van der Waals surface area contributed by atoms with E-state index in [-0.39, 0.29) is 0 Å². The van der Waals surface area contributed by atoms with Gasteiger partial charge in [0.15, 0.2) is 0 Å². The van der Waals surface area contributed by atoms with Gasteiger partial charge in [-0.15, -0.1) is 0 Å². The lowest BCUT2D eigenvalue weighted by Gasteiger charge is -2.06. The van der Waals surface area contributed by atoms with E-state index in [2.05, 4.69) is 12.1 Å². The van der Waals surface area contributed by atoms with Crippen molar-refractivity contribution in [2.75, 3.05) is 0 Å². The summed E-state index contributed by atoms with van der Waals surface area (Å²) in [7, 11) is 0. The molecule has 0 aliphatic rings. The Morgan fingerprint density at radius 2 is 1.31 bits per heavy atom. The summed E-state index contributed by atoms with van der Waals surface area (Å²) >= 11 is 0. The van der Waals surface area contributed by atoms with Crippen LogP contribution >= 0.6 is 0 Å². The molecule has 1 heterocycles. The summed E-state index contributed by atoms with van der Waals surface area (Å²) in [4.78, 5) is 0. The van der Waals surface area contributed by atoms with Crippen LogP contribution in [0, 0.1) is 22.7 Å². The van der Waals surface area contributed by atoms with Gasteiger partial charge in [0.25, 0.3) is 0 Å². The zero-order valence-electron chi connectivity index (χ0n) is 13.6. The molecule has 4 nitrogen and oxygen atoms in total. The lowest BCUT2D eigenvalue weighted by atomic mass is 10.1. The number of fused-ring (bicyclic) bond motifs is 1. The normalized spacial score (nSPS) is 10.2. The standard InChI is InChI=1S/C22H12N2O2/c23-13-15-1-6-19(7-2-15)25-20-8-4-17(5-9-20)22-12-18-11-16(14-24)3-10-21(18)26-22/h1-12H. The number of benzene rings is 3. The highest BCUT2D eigenvalue weighted by molar-refractivity contribution is 5.84. The van der Waals surface area contributed by atoms with Crippen molar-refractivity contribution in [1.82, 2.24) is 0 Å². The number of rotatable bonds is 3. The number of nitrogens with zero attached hydrogens (tertiary/aromatic N) is 2. The van der Waals surface area contributed by atoms with Gasteiger partial charge < -0.3 is 9.15 Å². The third-order valence-electron chi connectivity index (χ3n) is 4.00. The van der Waals surface area contributed by atoms with Crippen LogP contribution in [-0.2, 0) is 0 Å². The number of furan rings is 1. The number of hydrogen-bond donors (Lipinski definition) is 0. The second kappa shape index (κ2) is 6.47. The Hall–Kier alpha value is -4.02. The first-order chi connectivity index (χ1) is 12.7. The highest BCUT2D eigenvalue weighted by Crippen LogP contribution is 2.30. The predicted octanol–water partition coefficient (Wildman–Crippen LogP) is 5.64. The van der Waals surface area contributed by atoms with E-state index in [1.807, 2.05) is 36.4 Å². The molecule has 1 aromatic heterocycles. The van der Waals surface area contributed by atoms with Gasteiger partial charge in [-0.1, -0.05) is 0 Å². The summed E-state index contributed by atoms with van der Waals surface area (Å²) < 4.78 is 11.6. The number of hydrogen-bond acceptors (Lipinski definition) is 4. The Morgan fingerprint density at radius 1 is 0.692 bits per heavy atom. The molecule has 122 valence electrons. The molecule has 0 fully saturated rings. The van der Waals surface area contributed by atoms with Crippen molar-refractivity contribution >= 4 is 11.0 Å². The van der Waals surface area contributed by atoms with Gasteiger partial charge in [-0.05, 0) is 72.8 Å². The van der Waals surface area contributed by atoms with Crippen LogP contribution in [0.2, 0.25) is 0 Å². The third-order valence-corrected chi connectivity index (χ3v) is 4.00. The van der Waals surface area contributed by atoms with Crippen molar-refractivity contribution in [1.29, 1.82) is 10.5 Å². The molecule has 3 aromatic carbocycles. The quantitative estimate of drug-likeness (QED) is 0.486. The van der Waals surface area contributed by atoms with Gasteiger partial charge in [-0.2, -0.15) is 10.5 Å². The molecule has 4 heteroatoms. The average molecular weight is 336 g/mol. The van der Waals surface area contributed by atoms with Gasteiger partial charge >= 0.3 is 0 Å². The zero-order chi connectivity index (χ0) is 17.9. The fourth-order valence-corrected chi connectivity index (χ4v) is 2.68. The molecule has 0 spiro atoms. The fourth-order valence-electron chi connectivity index (χ4n) is 2.68. The van der Waals surface area contributed by atoms with Crippen LogP contribution in [0.3, 0.4) is 0 Å². The smallest absolute Gasteiger partial charge is 0.135 e. The van der Waals surface area contributed by atoms with E-state index < -0.39 is 0 Å². The maximum absolute atomic E-state index is 8.99. The second-order valence-corrected chi connectivity index (χ2v) is 5.74. The van der Waals surface area contributed by atoms with Crippen molar-refractivity contribution in [3.63, 3.8) is 0 Å². The molecule has 0 N–H and O–H groups in total. The molecular formula is C22H12N2O2. The summed E-state index contributed by atoms with van der Waals surface area (Å²) in [6, 6.07) is 26.0. The van der Waals surface area contributed by atoms with E-state index in [0.29, 0.717) is 22.6 Å². The van der Waals surface area contributed by atoms with E-state index in [4.69, 9.17) is 19.7 Å². The van der Waals surface area contributed by atoms with Gasteiger partial charge in [-0.25, -0.2) is 0 Å². The van der Waals surface area contributed by atoms with Crippen LogP contribution in [0.15, 0.2) is 77.2 Å². The fraction of sp³-hybridized carbons (Fsp3) is 0. The van der Waals surface area contributed by atoms with Gasteiger partial charge in [0.2, 0.25) is 0 Å². The first kappa shape index (κ1) is 15.5. The molecule has 0 unspecified atom stereocenters. The predicted molar refractivity (Wildman–Crippen MR) is 97.6 cm³/mol. The molecule has 4 rings (SSSR count). The minimum absolute atomic E-state index is 0.595. The Morgan fingerprint density at radius 3 is 1.96 bits per heavy atom. The van der Waals surface area contributed by atoms with Gasteiger partial charge in [0.1, 0.15) is 22.8 Å². The molecule has 26 heavy (non-hydrogen) atoms. The maximum atomic E-state index is 8.99. The van der Waals surface area contributed by atoms with Crippen molar-refractivity contribution < 1.29 is 9.15 Å². The topological polar surface area (TPSA) is 69.9 Å². The van der Waals surface area contributed by atoms with Crippen LogP contribution in [0.25, 0.3) is 22.3 Å². The molecular weight excluding hydrogens is 324 g/mol. The van der Waals surface area contributed by atoms with Crippen LogP contribution in [-0.4, -0.2) is 0 Å². The molecule has 0 radical (unpaired) electrons. The summed E-state index contributed by atoms with van der Waals surface area (Å²) in [5.74, 6) is 2.10. The third kappa shape index (κ3) is 3.00. The van der Waals surface area contributed by atoms with Crippen LogP contribution < -0.4 is 4.74 Å². The lowest BCUT2D eigenvalue weighted by molar-refractivity contribution is 0.482. The molecule has 4 aromatic rings. The van der Waals surface area contributed by atoms with Crippen molar-refractivity contribution in [3.05, 3.63) is 83.9 Å². The lowest BCUT2D eigenvalue weighted by Crippen LogP contribution is -1.84. The molecule has 0 saturated carbocycles. The van der Waals surface area contributed by atoms with E-state index in [9.17, 15) is 0 Å². The molecule has 0 bridgehead atoms. The van der Waals surface area contributed by atoms with Crippen LogP contribution in [0.4, 0.5) is 0 Å². The first-order valence-corrected chi connectivity index (χ1v) is 7.97. The summed E-state index contributed by atoms with van der Waals surface area (Å²) in [5, 5.41) is 18.7. The van der Waals surface area contributed by atoms with E-state index >= 15 is 0 Å². The average Bonchev–Trinajstić information content (AvgIpc) is 3.12. The Labute approximate surface area is 150 Å². The van der Waals surface area contributed by atoms with Crippen molar-refractivity contribution in [2.45, 2.75) is 0 Å². The summed E-state index contributed by atoms with van der Waals surface area (Å²) in [5.41, 5.74) is 2.87. The van der Waals surface area contributed by atoms with E-state index in [1.54, 1.807) is 36.4 Å². The number of ether oxygens (including phenoxy) is 1. The Balaban J connectivity index is 1.57. The minimum atomic E-state index is 0.595. The Bertz CT molecular complexity index is 1160. The minimum Gasteiger partial charge on any atom is -0.457 e. The van der Waals surface area contributed by atoms with Crippen LogP contribution in [0.5, 0.6) is 11.5 Å². The monoisotopic (exact) mass is 336 g/mol.